The number of halogens is 4. The van der Waals surface area contributed by atoms with Crippen LogP contribution in [0.4, 0.5) is 23.7 Å². The Morgan fingerprint density at radius 2 is 2.03 bits per heavy atom. The first-order valence-electron chi connectivity index (χ1n) is 9.60. The van der Waals surface area contributed by atoms with E-state index in [0.29, 0.717) is 29.6 Å². The third-order valence-corrected chi connectivity index (χ3v) is 5.40. The van der Waals surface area contributed by atoms with Crippen LogP contribution >= 0.6 is 22.6 Å². The monoisotopic (exact) mass is 539 g/mol. The molecule has 0 bridgehead atoms. The van der Waals surface area contributed by atoms with Crippen molar-refractivity contribution in [3.05, 3.63) is 28.0 Å². The molecule has 0 aliphatic carbocycles. The highest BCUT2D eigenvalue weighted by Gasteiger charge is 2.33. The number of carbonyl (C=O) groups is 1. The van der Waals surface area contributed by atoms with E-state index in [1.165, 1.54) is 15.7 Å². The number of hydrogen-bond acceptors (Lipinski definition) is 4. The summed E-state index contributed by atoms with van der Waals surface area (Å²) in [4.78, 5) is 13.7. The van der Waals surface area contributed by atoms with Crippen LogP contribution in [0.15, 0.2) is 24.4 Å². The van der Waals surface area contributed by atoms with Crippen LogP contribution in [-0.4, -0.2) is 57.7 Å². The number of nitrogens with one attached hydrogen (secondary N) is 1. The van der Waals surface area contributed by atoms with Gasteiger partial charge in [-0.3, -0.25) is 0 Å². The minimum absolute atomic E-state index is 0.120. The van der Waals surface area contributed by atoms with Crippen LogP contribution < -0.4 is 5.32 Å². The van der Waals surface area contributed by atoms with Crippen molar-refractivity contribution < 1.29 is 27.8 Å². The van der Waals surface area contributed by atoms with Crippen LogP contribution in [0.1, 0.15) is 27.2 Å². The van der Waals surface area contributed by atoms with Crippen molar-refractivity contribution >= 4 is 45.3 Å². The van der Waals surface area contributed by atoms with Crippen molar-refractivity contribution in [2.45, 2.75) is 57.7 Å². The Bertz CT molecular complexity index is 924. The summed E-state index contributed by atoms with van der Waals surface area (Å²) in [7, 11) is 0. The summed E-state index contributed by atoms with van der Waals surface area (Å²) in [6.07, 6.45) is -3.72. The molecule has 1 aromatic heterocycles. The third kappa shape index (κ3) is 5.71. The molecule has 1 aromatic carbocycles. The van der Waals surface area contributed by atoms with E-state index in [1.54, 1.807) is 32.9 Å². The molecule has 10 heteroatoms. The minimum Gasteiger partial charge on any atom is -0.444 e. The fraction of sp³-hybridized carbons (Fsp3) is 0.550. The number of amides is 1. The summed E-state index contributed by atoms with van der Waals surface area (Å²) in [6.45, 7) is 4.81. The molecule has 1 aliphatic rings. The number of nitrogens with zero attached hydrogens (tertiary/aromatic N) is 2. The molecule has 1 aliphatic heterocycles. The van der Waals surface area contributed by atoms with Gasteiger partial charge in [0.25, 0.3) is 0 Å². The number of hydrogen-bond donors (Lipinski definition) is 2. The number of anilines is 1. The predicted molar refractivity (Wildman–Crippen MR) is 117 cm³/mol. The molecule has 1 amide bonds. The van der Waals surface area contributed by atoms with Crippen molar-refractivity contribution in [1.29, 1.82) is 0 Å². The molecular formula is C20H25F3IN3O3. The zero-order chi connectivity index (χ0) is 22.3. The fourth-order valence-corrected chi connectivity index (χ4v) is 4.11. The Morgan fingerprint density at radius 1 is 1.33 bits per heavy atom. The third-order valence-electron chi connectivity index (χ3n) is 4.78. The molecule has 1 saturated heterocycles. The van der Waals surface area contributed by atoms with Gasteiger partial charge in [-0.2, -0.15) is 13.2 Å². The Hall–Kier alpha value is -1.69. The van der Waals surface area contributed by atoms with Crippen LogP contribution in [0, 0.1) is 3.57 Å². The smallest absolute Gasteiger partial charge is 0.410 e. The maximum absolute atomic E-state index is 12.9. The molecule has 1 fully saturated rings. The first-order chi connectivity index (χ1) is 13.8. The van der Waals surface area contributed by atoms with Gasteiger partial charge in [-0.1, -0.05) is 0 Å². The molecule has 30 heavy (non-hydrogen) atoms. The van der Waals surface area contributed by atoms with Gasteiger partial charge in [-0.15, -0.1) is 0 Å². The predicted octanol–water partition coefficient (Wildman–Crippen LogP) is 4.59. The van der Waals surface area contributed by atoms with Gasteiger partial charge < -0.3 is 24.6 Å². The molecule has 2 unspecified atom stereocenters. The zero-order valence-electron chi connectivity index (χ0n) is 17.0. The highest BCUT2D eigenvalue weighted by molar-refractivity contribution is 14.1. The largest absolute Gasteiger partial charge is 0.444 e. The normalized spacial score (nSPS) is 20.5. The summed E-state index contributed by atoms with van der Waals surface area (Å²) in [5.74, 6) is 0. The van der Waals surface area contributed by atoms with Crippen LogP contribution in [-0.2, 0) is 11.3 Å². The molecule has 2 heterocycles. The number of alkyl halides is 3. The average molecular weight is 539 g/mol. The van der Waals surface area contributed by atoms with Crippen molar-refractivity contribution in [3.63, 3.8) is 0 Å². The quantitative estimate of drug-likeness (QED) is 0.561. The molecule has 166 valence electrons. The van der Waals surface area contributed by atoms with E-state index in [9.17, 15) is 23.1 Å². The van der Waals surface area contributed by atoms with Gasteiger partial charge in [0.05, 0.1) is 24.2 Å². The number of rotatable bonds is 3. The van der Waals surface area contributed by atoms with Gasteiger partial charge in [0.2, 0.25) is 0 Å². The Labute approximate surface area is 186 Å². The van der Waals surface area contributed by atoms with Crippen molar-refractivity contribution in [3.8, 4) is 0 Å². The lowest BCUT2D eigenvalue weighted by Gasteiger charge is -2.37. The first-order valence-corrected chi connectivity index (χ1v) is 10.7. The Morgan fingerprint density at radius 3 is 2.63 bits per heavy atom. The van der Waals surface area contributed by atoms with Crippen molar-refractivity contribution in [1.82, 2.24) is 9.47 Å². The minimum atomic E-state index is -4.31. The van der Waals surface area contributed by atoms with Gasteiger partial charge in [-0.05, 0) is 68.0 Å². The van der Waals surface area contributed by atoms with E-state index >= 15 is 0 Å². The van der Waals surface area contributed by atoms with E-state index in [1.807, 2.05) is 6.07 Å². The average Bonchev–Trinajstić information content (AvgIpc) is 2.96. The number of fused-ring (bicyclic) bond motifs is 1. The van der Waals surface area contributed by atoms with Gasteiger partial charge in [-0.25, -0.2) is 4.79 Å². The molecule has 0 spiro atoms. The molecule has 3 rings (SSSR count). The van der Waals surface area contributed by atoms with Crippen LogP contribution in [0.25, 0.3) is 10.9 Å². The maximum Gasteiger partial charge on any atom is 0.410 e. The molecule has 2 aromatic rings. The number of carbonyl (C=O) groups excluding carboxylic acids is 1. The SMILES string of the molecule is CC(C)(C)OC(=O)N1CCC(Nc2cc(I)cc3c2ccn3CC(F)(F)F)C(O)C1. The van der Waals surface area contributed by atoms with E-state index in [4.69, 9.17) is 4.74 Å². The molecule has 6 nitrogen and oxygen atoms in total. The second kappa shape index (κ2) is 8.45. The fourth-order valence-electron chi connectivity index (χ4n) is 3.50. The van der Waals surface area contributed by atoms with E-state index in [2.05, 4.69) is 27.9 Å². The summed E-state index contributed by atoms with van der Waals surface area (Å²) < 4.78 is 45.9. The summed E-state index contributed by atoms with van der Waals surface area (Å²) in [5, 5.41) is 14.5. The van der Waals surface area contributed by atoms with E-state index < -0.39 is 30.5 Å². The van der Waals surface area contributed by atoms with E-state index in [-0.39, 0.29) is 12.6 Å². The van der Waals surface area contributed by atoms with Gasteiger partial charge in [0.15, 0.2) is 0 Å². The number of likely N-dealkylation sites (tertiary alicyclic amines) is 1. The summed E-state index contributed by atoms with van der Waals surface area (Å²) in [6, 6.07) is 4.85. The summed E-state index contributed by atoms with van der Waals surface area (Å²) in [5.41, 5.74) is 0.516. The number of piperidine rings is 1. The summed E-state index contributed by atoms with van der Waals surface area (Å²) >= 11 is 2.06. The van der Waals surface area contributed by atoms with Crippen LogP contribution in [0.3, 0.4) is 0 Å². The lowest BCUT2D eigenvalue weighted by Crippen LogP contribution is -2.52. The number of aromatic nitrogens is 1. The Balaban J connectivity index is 1.75. The molecule has 0 radical (unpaired) electrons. The topological polar surface area (TPSA) is 66.7 Å². The molecule has 0 saturated carbocycles. The van der Waals surface area contributed by atoms with Gasteiger partial charge >= 0.3 is 12.3 Å². The number of aliphatic hydroxyl groups is 1. The van der Waals surface area contributed by atoms with Gasteiger partial charge in [0, 0.05) is 27.4 Å². The van der Waals surface area contributed by atoms with E-state index in [0.717, 1.165) is 3.57 Å². The molecular weight excluding hydrogens is 514 g/mol. The van der Waals surface area contributed by atoms with Gasteiger partial charge in [0.1, 0.15) is 12.1 Å². The molecule has 2 atom stereocenters. The lowest BCUT2D eigenvalue weighted by atomic mass is 10.0. The van der Waals surface area contributed by atoms with Crippen LogP contribution in [0.5, 0.6) is 0 Å². The van der Waals surface area contributed by atoms with Crippen LogP contribution in [0.2, 0.25) is 0 Å². The number of aliphatic hydroxyl groups excluding tert-OH is 1. The molecule has 2 N–H and O–H groups in total. The highest BCUT2D eigenvalue weighted by Crippen LogP contribution is 2.31. The number of benzene rings is 1. The Kier molecular flexibility index (Phi) is 6.47. The second-order valence-electron chi connectivity index (χ2n) is 8.48. The number of ether oxygens (including phenoxy) is 1. The second-order valence-corrected chi connectivity index (χ2v) is 9.72. The first kappa shape index (κ1) is 23.0. The number of β-amino-alcohol motifs (C(OH)–C–C–N with tert-alkyl or cyclic N) is 1. The van der Waals surface area contributed by atoms with Crippen molar-refractivity contribution in [2.75, 3.05) is 18.4 Å². The standard InChI is InChI=1S/C20H25F3IN3O3/c1-19(2,3)30-18(29)26-7-5-14(17(28)10-26)25-15-8-12(24)9-16-13(15)4-6-27(16)11-20(21,22)23/h4,6,8-9,14,17,25,28H,5,7,10-11H2,1-3H3. The zero-order valence-corrected chi connectivity index (χ0v) is 19.1. The highest BCUT2D eigenvalue weighted by atomic mass is 127. The lowest BCUT2D eigenvalue weighted by molar-refractivity contribution is -0.139. The van der Waals surface area contributed by atoms with Crippen molar-refractivity contribution in [2.24, 2.45) is 0 Å². The maximum atomic E-state index is 12.9.